The highest BCUT2D eigenvalue weighted by atomic mass is 32.1. The van der Waals surface area contributed by atoms with E-state index in [1.165, 1.54) is 17.5 Å². The Morgan fingerprint density at radius 2 is 1.62 bits per heavy atom. The second kappa shape index (κ2) is 10.3. The van der Waals surface area contributed by atoms with Crippen molar-refractivity contribution in [3.05, 3.63) is 46.0 Å². The largest absolute Gasteiger partial charge is 0.416 e. The van der Waals surface area contributed by atoms with Crippen LogP contribution in [0, 0.1) is 6.92 Å². The summed E-state index contributed by atoms with van der Waals surface area (Å²) in [6.07, 6.45) is -6.79. The molecule has 5 nitrogen and oxygen atoms in total. The Kier molecular flexibility index (Phi) is 8.27. The predicted molar refractivity (Wildman–Crippen MR) is 107 cm³/mol. The van der Waals surface area contributed by atoms with Gasteiger partial charge < -0.3 is 10.2 Å². The van der Waals surface area contributed by atoms with Gasteiger partial charge in [-0.2, -0.15) is 26.3 Å². The molecule has 0 spiro atoms. The summed E-state index contributed by atoms with van der Waals surface area (Å²) in [5.41, 5.74) is -3.97. The Balaban J connectivity index is 2.33. The molecule has 0 aliphatic rings. The molecular weight excluding hydrogens is 460 g/mol. The highest BCUT2D eigenvalue weighted by Gasteiger charge is 2.38. The van der Waals surface area contributed by atoms with Gasteiger partial charge in [0.15, 0.2) is 5.13 Å². The average molecular weight is 481 g/mol. The van der Waals surface area contributed by atoms with E-state index in [2.05, 4.69) is 10.3 Å². The molecule has 0 atom stereocenters. The minimum Gasteiger partial charge on any atom is -0.329 e. The second-order valence-electron chi connectivity index (χ2n) is 7.05. The van der Waals surface area contributed by atoms with E-state index in [1.54, 1.807) is 6.92 Å². The molecule has 0 unspecified atom stereocenters. The number of unbranched alkanes of at least 4 members (excludes halogenated alkanes) is 2. The first kappa shape index (κ1) is 25.6. The zero-order valence-corrected chi connectivity index (χ0v) is 18.0. The van der Waals surface area contributed by atoms with Crippen LogP contribution in [-0.2, 0) is 17.1 Å². The van der Waals surface area contributed by atoms with E-state index in [4.69, 9.17) is 0 Å². The first-order valence-electron chi connectivity index (χ1n) is 9.62. The topological polar surface area (TPSA) is 62.3 Å². The van der Waals surface area contributed by atoms with Crippen LogP contribution in [0.2, 0.25) is 0 Å². The van der Waals surface area contributed by atoms with E-state index in [9.17, 15) is 35.9 Å². The van der Waals surface area contributed by atoms with Crippen LogP contribution in [0.5, 0.6) is 0 Å². The summed E-state index contributed by atoms with van der Waals surface area (Å²) in [6, 6.07) is 0.689. The molecule has 1 aromatic heterocycles. The fourth-order valence-electron chi connectivity index (χ4n) is 2.81. The van der Waals surface area contributed by atoms with E-state index >= 15 is 0 Å². The Labute approximate surface area is 184 Å². The third-order valence-electron chi connectivity index (χ3n) is 4.36. The molecule has 1 aromatic carbocycles. The Morgan fingerprint density at radius 1 is 1.03 bits per heavy atom. The van der Waals surface area contributed by atoms with Crippen LogP contribution in [-0.4, -0.2) is 34.8 Å². The highest BCUT2D eigenvalue weighted by molar-refractivity contribution is 7.15. The first-order valence-corrected chi connectivity index (χ1v) is 10.4. The van der Waals surface area contributed by atoms with Gasteiger partial charge in [0.1, 0.15) is 6.54 Å². The number of hydrogen-bond donors (Lipinski definition) is 1. The van der Waals surface area contributed by atoms with Gasteiger partial charge >= 0.3 is 12.4 Å². The molecule has 2 rings (SSSR count). The van der Waals surface area contributed by atoms with Crippen LogP contribution in [0.4, 0.5) is 31.5 Å². The Hall–Kier alpha value is -2.63. The van der Waals surface area contributed by atoms with Crippen molar-refractivity contribution < 1.29 is 35.9 Å². The van der Waals surface area contributed by atoms with Crippen LogP contribution >= 0.6 is 11.3 Å². The summed E-state index contributed by atoms with van der Waals surface area (Å²) >= 11 is 1.18. The number of halogens is 6. The van der Waals surface area contributed by atoms with Crippen molar-refractivity contribution in [1.82, 2.24) is 9.88 Å². The molecule has 0 radical (unpaired) electrons. The Morgan fingerprint density at radius 3 is 2.09 bits per heavy atom. The van der Waals surface area contributed by atoms with Crippen molar-refractivity contribution in [2.75, 3.05) is 18.4 Å². The maximum absolute atomic E-state index is 13.1. The van der Waals surface area contributed by atoms with Gasteiger partial charge in [-0.15, -0.1) is 11.3 Å². The molecule has 2 amide bonds. The number of amides is 2. The first-order chi connectivity index (χ1) is 14.8. The molecule has 0 aliphatic carbocycles. The van der Waals surface area contributed by atoms with Gasteiger partial charge in [-0.25, -0.2) is 4.98 Å². The van der Waals surface area contributed by atoms with Gasteiger partial charge in [-0.1, -0.05) is 19.8 Å². The summed E-state index contributed by atoms with van der Waals surface area (Å²) < 4.78 is 78.8. The molecule has 0 bridgehead atoms. The number of carbonyl (C=O) groups is 2. The van der Waals surface area contributed by atoms with E-state index in [-0.39, 0.29) is 17.7 Å². The highest BCUT2D eigenvalue weighted by Crippen LogP contribution is 2.36. The number of thiazole rings is 1. The summed E-state index contributed by atoms with van der Waals surface area (Å²) in [5, 5.41) is 2.75. The van der Waals surface area contributed by atoms with Crippen molar-refractivity contribution in [2.24, 2.45) is 0 Å². The van der Waals surface area contributed by atoms with Crippen LogP contribution in [0.3, 0.4) is 0 Å². The number of aromatic nitrogens is 1. The fraction of sp³-hybridized carbons (Fsp3) is 0.450. The molecule has 1 N–H and O–H groups in total. The normalized spacial score (nSPS) is 12.0. The predicted octanol–water partition coefficient (Wildman–Crippen LogP) is 5.76. The fourth-order valence-corrected chi connectivity index (χ4v) is 3.49. The summed E-state index contributed by atoms with van der Waals surface area (Å²) in [5.74, 6) is -1.75. The molecule has 0 saturated carbocycles. The standard InChI is InChI=1S/C20H21F6N3O2S/c1-3-4-5-6-29(11-16(30)28-18-27-10-12(2)32-18)17(31)13-7-14(19(21,22)23)9-15(8-13)20(24,25)26/h7-10H,3-6,11H2,1-2H3,(H,27,28,30). The number of alkyl halides is 6. The molecule has 2 aromatic rings. The minimum atomic E-state index is -5.08. The zero-order valence-electron chi connectivity index (χ0n) is 17.2. The van der Waals surface area contributed by atoms with Crippen molar-refractivity contribution in [3.63, 3.8) is 0 Å². The minimum absolute atomic E-state index is 0.00537. The third kappa shape index (κ3) is 7.21. The van der Waals surface area contributed by atoms with Gasteiger partial charge in [-0.05, 0) is 31.5 Å². The zero-order chi connectivity index (χ0) is 24.1. The van der Waals surface area contributed by atoms with E-state index < -0.39 is 47.4 Å². The van der Waals surface area contributed by atoms with Gasteiger partial charge in [0, 0.05) is 23.2 Å². The van der Waals surface area contributed by atoms with Crippen LogP contribution in [0.25, 0.3) is 0 Å². The molecule has 0 fully saturated rings. The smallest absolute Gasteiger partial charge is 0.329 e. The summed E-state index contributed by atoms with van der Waals surface area (Å²) in [7, 11) is 0. The molecule has 176 valence electrons. The van der Waals surface area contributed by atoms with Crippen LogP contribution in [0.15, 0.2) is 24.4 Å². The molecule has 0 saturated heterocycles. The van der Waals surface area contributed by atoms with Gasteiger partial charge in [0.05, 0.1) is 11.1 Å². The second-order valence-corrected chi connectivity index (χ2v) is 8.29. The monoisotopic (exact) mass is 481 g/mol. The third-order valence-corrected chi connectivity index (χ3v) is 5.18. The van der Waals surface area contributed by atoms with Gasteiger partial charge in [0.2, 0.25) is 5.91 Å². The van der Waals surface area contributed by atoms with Crippen LogP contribution in [0.1, 0.15) is 52.5 Å². The lowest BCUT2D eigenvalue weighted by Crippen LogP contribution is -2.39. The Bertz CT molecular complexity index is 923. The maximum atomic E-state index is 13.1. The summed E-state index contributed by atoms with van der Waals surface area (Å²) in [4.78, 5) is 31.0. The number of nitrogens with one attached hydrogen (secondary N) is 1. The molecule has 32 heavy (non-hydrogen) atoms. The number of anilines is 1. The van der Waals surface area contributed by atoms with Gasteiger partial charge in [0.25, 0.3) is 5.91 Å². The van der Waals surface area contributed by atoms with E-state index in [0.717, 1.165) is 16.2 Å². The lowest BCUT2D eigenvalue weighted by molar-refractivity contribution is -0.143. The summed E-state index contributed by atoms with van der Waals surface area (Å²) in [6.45, 7) is 3.10. The van der Waals surface area contributed by atoms with Crippen LogP contribution < -0.4 is 5.32 Å². The number of hydrogen-bond acceptors (Lipinski definition) is 4. The van der Waals surface area contributed by atoms with E-state index in [1.807, 2.05) is 6.92 Å². The SMILES string of the molecule is CCCCCN(CC(=O)Nc1ncc(C)s1)C(=O)c1cc(C(F)(F)F)cc(C(F)(F)F)c1. The van der Waals surface area contributed by atoms with Crippen molar-refractivity contribution in [2.45, 2.75) is 45.5 Å². The molecule has 0 aliphatic heterocycles. The van der Waals surface area contributed by atoms with Crippen molar-refractivity contribution in [1.29, 1.82) is 0 Å². The maximum Gasteiger partial charge on any atom is 0.416 e. The molecular formula is C20H21F6N3O2S. The van der Waals surface area contributed by atoms with Crippen molar-refractivity contribution >= 4 is 28.3 Å². The lowest BCUT2D eigenvalue weighted by atomic mass is 10.0. The van der Waals surface area contributed by atoms with Crippen molar-refractivity contribution in [3.8, 4) is 0 Å². The lowest BCUT2D eigenvalue weighted by Gasteiger charge is -2.23. The van der Waals surface area contributed by atoms with E-state index in [0.29, 0.717) is 25.0 Å². The molecule has 1 heterocycles. The molecule has 12 heteroatoms. The number of rotatable bonds is 8. The number of benzene rings is 1. The average Bonchev–Trinajstić information content (AvgIpc) is 3.09. The van der Waals surface area contributed by atoms with Gasteiger partial charge in [-0.3, -0.25) is 9.59 Å². The number of carbonyl (C=O) groups excluding carboxylic acids is 2. The quantitative estimate of drug-likeness (QED) is 0.385. The number of aryl methyl sites for hydroxylation is 1. The number of nitrogens with zero attached hydrogens (tertiary/aromatic N) is 2.